The van der Waals surface area contributed by atoms with E-state index in [1.165, 1.54) is 6.20 Å². The second-order valence-electron chi connectivity index (χ2n) is 7.06. The van der Waals surface area contributed by atoms with E-state index < -0.39 is 0 Å². The van der Waals surface area contributed by atoms with Crippen LogP contribution in [-0.4, -0.2) is 94.5 Å². The van der Waals surface area contributed by atoms with Crippen molar-refractivity contribution in [1.82, 2.24) is 19.7 Å². The average molecular weight is 407 g/mol. The van der Waals surface area contributed by atoms with Crippen molar-refractivity contribution in [3.05, 3.63) is 24.0 Å². The van der Waals surface area contributed by atoms with E-state index in [1.54, 1.807) is 26.1 Å². The van der Waals surface area contributed by atoms with Crippen LogP contribution in [-0.2, 0) is 23.6 Å². The largest absolute Gasteiger partial charge is 6.00 e. The molecule has 0 aliphatic carbocycles. The maximum absolute atomic E-state index is 12.0. The molecule has 0 aromatic carbocycles. The van der Waals surface area contributed by atoms with E-state index >= 15 is 0 Å². The molecule has 0 amide bonds. The van der Waals surface area contributed by atoms with E-state index in [-0.39, 0.29) is 35.0 Å². The van der Waals surface area contributed by atoms with Crippen molar-refractivity contribution in [1.29, 1.82) is 0 Å². The van der Waals surface area contributed by atoms with Gasteiger partial charge in [-0.1, -0.05) is 5.75 Å². The van der Waals surface area contributed by atoms with Crippen molar-refractivity contribution in [2.24, 2.45) is 0 Å². The van der Waals surface area contributed by atoms with E-state index in [2.05, 4.69) is 19.7 Å². The second kappa shape index (κ2) is 11.9. The normalized spacial score (nSPS) is 20.5. The predicted octanol–water partition coefficient (Wildman–Crippen LogP) is -0.666. The van der Waals surface area contributed by atoms with Crippen LogP contribution in [0, 0.1) is 0 Å². The summed E-state index contributed by atoms with van der Waals surface area (Å²) in [5.74, 6) is -0.0240. The van der Waals surface area contributed by atoms with Gasteiger partial charge in [0.1, 0.15) is 0 Å². The fraction of sp³-hybridized carbons (Fsp3) is 0.722. The molecular weight excluding hydrogens is 376 g/mol. The van der Waals surface area contributed by atoms with Gasteiger partial charge in [-0.15, -0.1) is 0 Å². The number of nitrogens with zero attached hydrogens (tertiary/aromatic N) is 4. The maximum atomic E-state index is 12.0. The molecule has 1 fully saturated rings. The Bertz CT molecular complexity index is 497. The van der Waals surface area contributed by atoms with E-state index in [4.69, 9.17) is 0 Å². The topological polar surface area (TPSA) is 86.1 Å². The maximum Gasteiger partial charge on any atom is 6.00 e. The van der Waals surface area contributed by atoms with Crippen LogP contribution in [0.25, 0.3) is 0 Å². The fourth-order valence-corrected chi connectivity index (χ4v) is 3.23. The van der Waals surface area contributed by atoms with Crippen molar-refractivity contribution in [2.75, 3.05) is 52.4 Å². The molecule has 26 heavy (non-hydrogen) atoms. The zero-order valence-corrected chi connectivity index (χ0v) is 16.8. The number of β-amino-alcohol motifs (C(OH)–C–C–N with tert-alkyl or cyclic N) is 2. The monoisotopic (exact) mass is 407 g/mol. The number of aliphatic hydroxyl groups excluding tert-OH is 2. The third kappa shape index (κ3) is 8.31. The fourth-order valence-electron chi connectivity index (χ4n) is 3.23. The molecule has 1 saturated heterocycles. The van der Waals surface area contributed by atoms with Gasteiger partial charge in [0.05, 0.1) is 12.2 Å². The molecule has 0 unspecified atom stereocenters. The van der Waals surface area contributed by atoms with Crippen LogP contribution in [0.1, 0.15) is 19.4 Å². The standard InChI is InChI=1S/C18H32N4O3.Fe/c1-15(23)12-20-5-6-21(13-16(2)24)8-10-22(9-7-20)14-17-3-4-19-11-18(17)25;/h3-4,11,15-16,23-25H,5-10,12-14H2,1-2H3;/q;+6/p-1/t15-,16-;/m0./s1. The molecule has 7 nitrogen and oxygen atoms in total. The quantitative estimate of drug-likeness (QED) is 0.606. The predicted molar refractivity (Wildman–Crippen MR) is 95.2 cm³/mol. The molecule has 0 spiro atoms. The molecule has 0 bridgehead atoms. The summed E-state index contributed by atoms with van der Waals surface area (Å²) in [5, 5.41) is 31.4. The molecular formula is C18H31FeN4O3+5. The van der Waals surface area contributed by atoms with Crippen LogP contribution < -0.4 is 5.11 Å². The van der Waals surface area contributed by atoms with Crippen molar-refractivity contribution < 1.29 is 32.4 Å². The van der Waals surface area contributed by atoms with Crippen LogP contribution in [0.2, 0.25) is 0 Å². The number of hydrogen-bond acceptors (Lipinski definition) is 7. The van der Waals surface area contributed by atoms with Gasteiger partial charge in [0.25, 0.3) is 0 Å². The zero-order chi connectivity index (χ0) is 18.2. The third-order valence-electron chi connectivity index (χ3n) is 4.51. The Kier molecular flexibility index (Phi) is 10.6. The second-order valence-corrected chi connectivity index (χ2v) is 7.06. The third-order valence-corrected chi connectivity index (χ3v) is 4.51. The summed E-state index contributed by atoms with van der Waals surface area (Å²) in [4.78, 5) is 10.6. The Morgan fingerprint density at radius 1 is 0.962 bits per heavy atom. The summed E-state index contributed by atoms with van der Waals surface area (Å²) >= 11 is 0. The molecule has 1 aromatic rings. The van der Waals surface area contributed by atoms with E-state index in [9.17, 15) is 15.3 Å². The molecule has 2 heterocycles. The van der Waals surface area contributed by atoms with Crippen molar-refractivity contribution >= 4 is 0 Å². The zero-order valence-electron chi connectivity index (χ0n) is 15.7. The van der Waals surface area contributed by atoms with Gasteiger partial charge in [-0.25, -0.2) is 0 Å². The molecule has 144 valence electrons. The molecule has 0 radical (unpaired) electrons. The molecule has 2 atom stereocenters. The Labute approximate surface area is 167 Å². The first-order valence-corrected chi connectivity index (χ1v) is 9.07. The van der Waals surface area contributed by atoms with E-state index in [0.717, 1.165) is 44.8 Å². The number of aliphatic hydroxyl groups is 2. The first kappa shape index (κ1) is 23.3. The Morgan fingerprint density at radius 2 is 1.42 bits per heavy atom. The Morgan fingerprint density at radius 3 is 1.85 bits per heavy atom. The van der Waals surface area contributed by atoms with Gasteiger partial charge in [0.2, 0.25) is 0 Å². The van der Waals surface area contributed by atoms with Gasteiger partial charge in [-0.3, -0.25) is 19.7 Å². The molecule has 0 saturated carbocycles. The minimum Gasteiger partial charge on any atom is -0.871 e. The first-order valence-electron chi connectivity index (χ1n) is 9.07. The minimum absolute atomic E-state index is 0. The van der Waals surface area contributed by atoms with Gasteiger partial charge in [0.15, 0.2) is 0 Å². The van der Waals surface area contributed by atoms with Crippen LogP contribution in [0.3, 0.4) is 0 Å². The summed E-state index contributed by atoms with van der Waals surface area (Å²) in [6.45, 7) is 10.6. The van der Waals surface area contributed by atoms with Crippen LogP contribution in [0.15, 0.2) is 18.5 Å². The molecule has 2 rings (SSSR count). The minimum atomic E-state index is -0.368. The SMILES string of the molecule is C[C@H](O)CN1CCN(Cc2ccncc2[O-])CCN(C[C@H](C)O)CC1.[Fe+6]. The smallest absolute Gasteiger partial charge is 0.871 e. The molecule has 1 aromatic heterocycles. The van der Waals surface area contributed by atoms with Crippen LogP contribution in [0.4, 0.5) is 0 Å². The Hall–Kier alpha value is -0.731. The molecule has 2 N–H and O–H groups in total. The number of pyridine rings is 1. The summed E-state index contributed by atoms with van der Waals surface area (Å²) < 4.78 is 0. The van der Waals surface area contributed by atoms with Crippen LogP contribution >= 0.6 is 0 Å². The summed E-state index contributed by atoms with van der Waals surface area (Å²) in [7, 11) is 0. The number of rotatable bonds is 6. The van der Waals surface area contributed by atoms with Crippen LogP contribution in [0.5, 0.6) is 5.75 Å². The van der Waals surface area contributed by atoms with Gasteiger partial charge in [-0.05, 0) is 25.5 Å². The summed E-state index contributed by atoms with van der Waals surface area (Å²) in [5.41, 5.74) is 0.762. The van der Waals surface area contributed by atoms with Gasteiger partial charge < -0.3 is 15.3 Å². The Balaban J connectivity index is 0.00000338. The summed E-state index contributed by atoms with van der Waals surface area (Å²) in [6, 6.07) is 1.79. The van der Waals surface area contributed by atoms with Gasteiger partial charge >= 0.3 is 17.1 Å². The average Bonchev–Trinajstić information content (AvgIpc) is 2.62. The number of aromatic nitrogens is 1. The van der Waals surface area contributed by atoms with Crippen molar-refractivity contribution in [3.63, 3.8) is 0 Å². The van der Waals surface area contributed by atoms with Crippen molar-refractivity contribution in [3.8, 4) is 5.75 Å². The molecule has 1 aliphatic rings. The molecule has 8 heteroatoms. The summed E-state index contributed by atoms with van der Waals surface area (Å²) in [6.07, 6.45) is 2.29. The van der Waals surface area contributed by atoms with E-state index in [0.29, 0.717) is 19.6 Å². The molecule has 1 aliphatic heterocycles. The van der Waals surface area contributed by atoms with Gasteiger partial charge in [0, 0.05) is 71.3 Å². The number of hydrogen-bond donors (Lipinski definition) is 2. The van der Waals surface area contributed by atoms with Gasteiger partial charge in [-0.2, -0.15) is 0 Å². The first-order chi connectivity index (χ1) is 11.9. The van der Waals surface area contributed by atoms with Crippen molar-refractivity contribution in [2.45, 2.75) is 32.6 Å². The van der Waals surface area contributed by atoms with E-state index in [1.807, 2.05) is 0 Å².